The molecule has 0 spiro atoms. The van der Waals surface area contributed by atoms with Gasteiger partial charge in [-0.15, -0.1) is 11.3 Å². The number of nitrogens with zero attached hydrogens (tertiary/aromatic N) is 2. The van der Waals surface area contributed by atoms with Crippen molar-refractivity contribution in [3.8, 4) is 0 Å². The Morgan fingerprint density at radius 1 is 1.37 bits per heavy atom. The van der Waals surface area contributed by atoms with Crippen LogP contribution in [-0.4, -0.2) is 41.3 Å². The maximum absolute atomic E-state index is 14.0. The Hall–Kier alpha value is -1.99. The molecule has 0 unspecified atom stereocenters. The van der Waals surface area contributed by atoms with Gasteiger partial charge in [0.25, 0.3) is 5.91 Å². The second-order valence-electron chi connectivity index (χ2n) is 6.57. The van der Waals surface area contributed by atoms with Gasteiger partial charge in [0.05, 0.1) is 21.3 Å². The number of nitrogens with one attached hydrogen (secondary N) is 1. The van der Waals surface area contributed by atoms with Crippen LogP contribution < -0.4 is 5.32 Å². The molecule has 8 heteroatoms. The standard InChI is InChI=1S/C19H21ClFN3O2S/c1-12(25)22-8-5-14-11-27-18(23-14)13-6-9-24(10-7-13)19(26)17-15(20)3-2-4-16(17)21/h2-4,11,13H,5-10H2,1H3,(H,22,25). The molecule has 1 aliphatic heterocycles. The number of aromatic nitrogens is 1. The molecule has 0 bridgehead atoms. The van der Waals surface area contributed by atoms with Crippen molar-refractivity contribution in [2.75, 3.05) is 19.6 Å². The molecule has 144 valence electrons. The SMILES string of the molecule is CC(=O)NCCc1csc(C2CCN(C(=O)c3c(F)cccc3Cl)CC2)n1. The van der Waals surface area contributed by atoms with E-state index in [-0.39, 0.29) is 22.4 Å². The van der Waals surface area contributed by atoms with E-state index in [2.05, 4.69) is 10.3 Å². The molecule has 1 fully saturated rings. The maximum Gasteiger partial charge on any atom is 0.258 e. The van der Waals surface area contributed by atoms with Crippen LogP contribution in [0.2, 0.25) is 5.02 Å². The number of hydrogen-bond donors (Lipinski definition) is 1. The number of piperidine rings is 1. The highest BCUT2D eigenvalue weighted by atomic mass is 35.5. The summed E-state index contributed by atoms with van der Waals surface area (Å²) in [6.45, 7) is 3.18. The summed E-state index contributed by atoms with van der Waals surface area (Å²) in [7, 11) is 0. The second-order valence-corrected chi connectivity index (χ2v) is 7.87. The predicted molar refractivity (Wildman–Crippen MR) is 104 cm³/mol. The van der Waals surface area contributed by atoms with E-state index in [0.717, 1.165) is 23.5 Å². The molecule has 2 amide bonds. The normalized spacial score (nSPS) is 15.0. The number of halogens is 2. The summed E-state index contributed by atoms with van der Waals surface area (Å²) in [5.41, 5.74) is 0.924. The van der Waals surface area contributed by atoms with Crippen molar-refractivity contribution in [2.45, 2.75) is 32.1 Å². The highest BCUT2D eigenvalue weighted by molar-refractivity contribution is 7.09. The molecule has 0 atom stereocenters. The van der Waals surface area contributed by atoms with E-state index in [1.807, 2.05) is 5.38 Å². The Balaban J connectivity index is 1.57. The van der Waals surface area contributed by atoms with Gasteiger partial charge in [-0.1, -0.05) is 17.7 Å². The lowest BCUT2D eigenvalue weighted by atomic mass is 9.97. The van der Waals surface area contributed by atoms with Gasteiger partial charge in [0.1, 0.15) is 5.82 Å². The number of amides is 2. The molecular weight excluding hydrogens is 389 g/mol. The molecule has 5 nitrogen and oxygen atoms in total. The van der Waals surface area contributed by atoms with Gasteiger partial charge in [0, 0.05) is 44.3 Å². The minimum absolute atomic E-state index is 0.0440. The molecular formula is C19H21ClFN3O2S. The van der Waals surface area contributed by atoms with Gasteiger partial charge in [-0.2, -0.15) is 0 Å². The lowest BCUT2D eigenvalue weighted by Crippen LogP contribution is -2.38. The topological polar surface area (TPSA) is 62.3 Å². The lowest BCUT2D eigenvalue weighted by molar-refractivity contribution is -0.118. The number of rotatable bonds is 5. The summed E-state index contributed by atoms with van der Waals surface area (Å²) in [6.07, 6.45) is 2.28. The van der Waals surface area contributed by atoms with Gasteiger partial charge in [0.2, 0.25) is 5.91 Å². The van der Waals surface area contributed by atoms with Crippen LogP contribution in [0.25, 0.3) is 0 Å². The number of carbonyl (C=O) groups excluding carboxylic acids is 2. The van der Waals surface area contributed by atoms with Gasteiger partial charge in [0.15, 0.2) is 0 Å². The average molecular weight is 410 g/mol. The van der Waals surface area contributed by atoms with E-state index in [4.69, 9.17) is 11.6 Å². The van der Waals surface area contributed by atoms with Gasteiger partial charge in [-0.25, -0.2) is 9.37 Å². The summed E-state index contributed by atoms with van der Waals surface area (Å²) in [5.74, 6) is -0.688. The van der Waals surface area contributed by atoms with Gasteiger partial charge in [-0.05, 0) is 25.0 Å². The number of benzene rings is 1. The Kier molecular flexibility index (Phi) is 6.44. The van der Waals surface area contributed by atoms with E-state index in [1.165, 1.54) is 25.1 Å². The molecule has 2 aromatic rings. The fraction of sp³-hybridized carbons (Fsp3) is 0.421. The second kappa shape index (κ2) is 8.80. The Labute approximate surface area is 166 Å². The number of hydrogen-bond acceptors (Lipinski definition) is 4. The minimum atomic E-state index is -0.585. The Bertz CT molecular complexity index is 814. The third kappa shape index (κ3) is 4.84. The summed E-state index contributed by atoms with van der Waals surface area (Å²) in [4.78, 5) is 29.9. The molecule has 1 saturated heterocycles. The average Bonchev–Trinajstić information content (AvgIpc) is 3.10. The molecule has 1 aromatic carbocycles. The van der Waals surface area contributed by atoms with Gasteiger partial charge in [-0.3, -0.25) is 9.59 Å². The monoisotopic (exact) mass is 409 g/mol. The van der Waals surface area contributed by atoms with E-state index < -0.39 is 5.82 Å². The summed E-state index contributed by atoms with van der Waals surface area (Å²) in [5, 5.41) is 5.99. The van der Waals surface area contributed by atoms with Gasteiger partial charge < -0.3 is 10.2 Å². The Morgan fingerprint density at radius 3 is 2.78 bits per heavy atom. The lowest BCUT2D eigenvalue weighted by Gasteiger charge is -2.31. The summed E-state index contributed by atoms with van der Waals surface area (Å²) in [6, 6.07) is 4.28. The molecule has 0 saturated carbocycles. The van der Waals surface area contributed by atoms with Crippen LogP contribution in [0.5, 0.6) is 0 Å². The van der Waals surface area contributed by atoms with E-state index in [9.17, 15) is 14.0 Å². The summed E-state index contributed by atoms with van der Waals surface area (Å²) < 4.78 is 14.0. The van der Waals surface area contributed by atoms with Crippen LogP contribution in [-0.2, 0) is 11.2 Å². The zero-order valence-corrected chi connectivity index (χ0v) is 16.6. The third-order valence-electron chi connectivity index (χ3n) is 4.63. The number of likely N-dealkylation sites (tertiary alicyclic amines) is 1. The van der Waals surface area contributed by atoms with Crippen molar-refractivity contribution in [1.82, 2.24) is 15.2 Å². The fourth-order valence-corrected chi connectivity index (χ4v) is 4.45. The molecule has 0 aliphatic carbocycles. The van der Waals surface area contributed by atoms with Crippen LogP contribution in [0.1, 0.15) is 46.7 Å². The Morgan fingerprint density at radius 2 is 2.11 bits per heavy atom. The van der Waals surface area contributed by atoms with Crippen LogP contribution in [0.15, 0.2) is 23.6 Å². The highest BCUT2D eigenvalue weighted by Crippen LogP contribution is 2.31. The first-order valence-electron chi connectivity index (χ1n) is 8.87. The number of thiazole rings is 1. The largest absolute Gasteiger partial charge is 0.356 e. The molecule has 2 heterocycles. The zero-order chi connectivity index (χ0) is 19.4. The van der Waals surface area contributed by atoms with Crippen molar-refractivity contribution < 1.29 is 14.0 Å². The third-order valence-corrected chi connectivity index (χ3v) is 6.00. The first-order valence-corrected chi connectivity index (χ1v) is 10.1. The van der Waals surface area contributed by atoms with Crippen molar-refractivity contribution in [2.24, 2.45) is 0 Å². The smallest absolute Gasteiger partial charge is 0.258 e. The molecule has 1 aromatic heterocycles. The van der Waals surface area contributed by atoms with E-state index >= 15 is 0 Å². The maximum atomic E-state index is 14.0. The quantitative estimate of drug-likeness (QED) is 0.820. The molecule has 27 heavy (non-hydrogen) atoms. The zero-order valence-electron chi connectivity index (χ0n) is 15.0. The summed E-state index contributed by atoms with van der Waals surface area (Å²) >= 11 is 7.63. The predicted octanol–water partition coefficient (Wildman–Crippen LogP) is 3.63. The van der Waals surface area contributed by atoms with Crippen LogP contribution in [0, 0.1) is 5.82 Å². The minimum Gasteiger partial charge on any atom is -0.356 e. The number of carbonyl (C=O) groups is 2. The van der Waals surface area contributed by atoms with E-state index in [1.54, 1.807) is 16.2 Å². The van der Waals surface area contributed by atoms with Crippen molar-refractivity contribution >= 4 is 34.8 Å². The molecule has 1 N–H and O–H groups in total. The van der Waals surface area contributed by atoms with Gasteiger partial charge >= 0.3 is 0 Å². The molecule has 3 rings (SSSR count). The van der Waals surface area contributed by atoms with Crippen molar-refractivity contribution in [3.63, 3.8) is 0 Å². The highest BCUT2D eigenvalue weighted by Gasteiger charge is 2.28. The van der Waals surface area contributed by atoms with Crippen LogP contribution in [0.3, 0.4) is 0 Å². The van der Waals surface area contributed by atoms with Crippen LogP contribution >= 0.6 is 22.9 Å². The molecule has 1 aliphatic rings. The first-order chi connectivity index (χ1) is 13.0. The van der Waals surface area contributed by atoms with Crippen molar-refractivity contribution in [1.29, 1.82) is 0 Å². The first kappa shape index (κ1) is 19.8. The van der Waals surface area contributed by atoms with Crippen LogP contribution in [0.4, 0.5) is 4.39 Å². The van der Waals surface area contributed by atoms with E-state index in [0.29, 0.717) is 32.0 Å². The fourth-order valence-electron chi connectivity index (χ4n) is 3.18. The molecule has 0 radical (unpaired) electrons. The van der Waals surface area contributed by atoms with Crippen molar-refractivity contribution in [3.05, 3.63) is 50.7 Å².